The number of nitrogens with one attached hydrogen (secondary N) is 1. The van der Waals surface area contributed by atoms with Crippen molar-refractivity contribution in [1.82, 2.24) is 15.2 Å². The van der Waals surface area contributed by atoms with E-state index in [1.54, 1.807) is 11.0 Å². The molecule has 2 aromatic rings. The number of carbonyl (C=O) groups is 1. The summed E-state index contributed by atoms with van der Waals surface area (Å²) >= 11 is 0. The standard InChI is InChI=1S/C19H22FN5O/c1-23-9-8-15(13-23)22-19(26)25-11-10-24(16-4-2-3-5-17(16)25)18-7-6-14(20)12-21-18/h2-7,12,15H,8-11,13H2,1H3,(H,22,26). The van der Waals surface area contributed by atoms with Gasteiger partial charge in [0, 0.05) is 25.7 Å². The van der Waals surface area contributed by atoms with E-state index >= 15 is 0 Å². The van der Waals surface area contributed by atoms with E-state index in [1.807, 2.05) is 29.2 Å². The maximum atomic E-state index is 13.2. The van der Waals surface area contributed by atoms with Crippen molar-refractivity contribution in [3.05, 3.63) is 48.4 Å². The molecule has 1 fully saturated rings. The van der Waals surface area contributed by atoms with E-state index in [1.165, 1.54) is 12.3 Å². The lowest BCUT2D eigenvalue weighted by molar-refractivity contribution is 0.242. The third kappa shape index (κ3) is 3.22. The molecule has 0 spiro atoms. The fourth-order valence-corrected chi connectivity index (χ4v) is 3.64. The van der Waals surface area contributed by atoms with Crippen LogP contribution in [0.25, 0.3) is 0 Å². The Morgan fingerprint density at radius 2 is 1.96 bits per heavy atom. The van der Waals surface area contributed by atoms with Crippen molar-refractivity contribution in [2.24, 2.45) is 0 Å². The number of aromatic nitrogens is 1. The summed E-state index contributed by atoms with van der Waals surface area (Å²) in [5.74, 6) is 0.318. The first-order chi connectivity index (χ1) is 12.6. The highest BCUT2D eigenvalue weighted by Gasteiger charge is 2.30. The predicted octanol–water partition coefficient (Wildman–Crippen LogP) is 2.59. The highest BCUT2D eigenvalue weighted by molar-refractivity contribution is 5.97. The summed E-state index contributed by atoms with van der Waals surface area (Å²) in [6, 6.07) is 10.9. The second-order valence-electron chi connectivity index (χ2n) is 6.82. The Labute approximate surface area is 152 Å². The highest BCUT2D eigenvalue weighted by Crippen LogP contribution is 2.36. The molecule has 1 aromatic heterocycles. The number of likely N-dealkylation sites (tertiary alicyclic amines) is 1. The van der Waals surface area contributed by atoms with Gasteiger partial charge in [0.25, 0.3) is 0 Å². The summed E-state index contributed by atoms with van der Waals surface area (Å²) in [4.78, 5) is 23.0. The highest BCUT2D eigenvalue weighted by atomic mass is 19.1. The van der Waals surface area contributed by atoms with Crippen LogP contribution in [0.1, 0.15) is 6.42 Å². The van der Waals surface area contributed by atoms with Gasteiger partial charge in [-0.3, -0.25) is 4.90 Å². The van der Waals surface area contributed by atoms with Gasteiger partial charge < -0.3 is 15.1 Å². The largest absolute Gasteiger partial charge is 0.334 e. The third-order valence-corrected chi connectivity index (χ3v) is 4.96. The number of urea groups is 1. The van der Waals surface area contributed by atoms with E-state index in [-0.39, 0.29) is 17.9 Å². The van der Waals surface area contributed by atoms with Gasteiger partial charge in [0.05, 0.1) is 17.6 Å². The average molecular weight is 355 g/mol. The number of fused-ring (bicyclic) bond motifs is 1. The van der Waals surface area contributed by atoms with Crippen molar-refractivity contribution >= 4 is 23.2 Å². The smallest absolute Gasteiger partial charge is 0.322 e. The zero-order valence-electron chi connectivity index (χ0n) is 14.7. The predicted molar refractivity (Wildman–Crippen MR) is 99.4 cm³/mol. The van der Waals surface area contributed by atoms with E-state index in [2.05, 4.69) is 22.2 Å². The first kappa shape index (κ1) is 16.8. The number of amides is 2. The van der Waals surface area contributed by atoms with Crippen LogP contribution in [0.2, 0.25) is 0 Å². The first-order valence-electron chi connectivity index (χ1n) is 8.86. The molecule has 7 heteroatoms. The van der Waals surface area contributed by atoms with Gasteiger partial charge in [0.1, 0.15) is 11.6 Å². The number of halogens is 1. The number of rotatable bonds is 2. The van der Waals surface area contributed by atoms with Gasteiger partial charge >= 0.3 is 6.03 Å². The van der Waals surface area contributed by atoms with Crippen LogP contribution < -0.4 is 15.1 Å². The second kappa shape index (κ2) is 6.92. The number of carbonyl (C=O) groups excluding carboxylic acids is 1. The molecule has 1 saturated heterocycles. The molecule has 2 aliphatic heterocycles. The quantitative estimate of drug-likeness (QED) is 0.900. The second-order valence-corrected chi connectivity index (χ2v) is 6.82. The Bertz CT molecular complexity index is 797. The van der Waals surface area contributed by atoms with Crippen LogP contribution in [-0.2, 0) is 0 Å². The molecule has 1 atom stereocenters. The molecule has 0 bridgehead atoms. The van der Waals surface area contributed by atoms with Gasteiger partial charge in [-0.05, 0) is 44.3 Å². The minimum absolute atomic E-state index is 0.0653. The topological polar surface area (TPSA) is 51.7 Å². The lowest BCUT2D eigenvalue weighted by Gasteiger charge is -2.37. The molecule has 4 rings (SSSR count). The molecular weight excluding hydrogens is 333 g/mol. The van der Waals surface area contributed by atoms with Crippen LogP contribution in [0.15, 0.2) is 42.6 Å². The van der Waals surface area contributed by atoms with Crippen LogP contribution >= 0.6 is 0 Å². The summed E-state index contributed by atoms with van der Waals surface area (Å²) < 4.78 is 13.2. The van der Waals surface area contributed by atoms with E-state index in [4.69, 9.17) is 0 Å². The number of hydrogen-bond acceptors (Lipinski definition) is 4. The molecule has 26 heavy (non-hydrogen) atoms. The van der Waals surface area contributed by atoms with E-state index in [0.717, 1.165) is 30.9 Å². The monoisotopic (exact) mass is 355 g/mol. The van der Waals surface area contributed by atoms with Gasteiger partial charge in [-0.1, -0.05) is 12.1 Å². The van der Waals surface area contributed by atoms with Crippen molar-refractivity contribution < 1.29 is 9.18 Å². The molecule has 2 aliphatic rings. The van der Waals surface area contributed by atoms with E-state index in [9.17, 15) is 9.18 Å². The molecule has 1 unspecified atom stereocenters. The Morgan fingerprint density at radius 1 is 1.15 bits per heavy atom. The molecule has 136 valence electrons. The van der Waals surface area contributed by atoms with Crippen LogP contribution in [-0.4, -0.2) is 55.2 Å². The Morgan fingerprint density at radius 3 is 2.65 bits per heavy atom. The Hall–Kier alpha value is -2.67. The molecule has 2 amide bonds. The number of likely N-dealkylation sites (N-methyl/N-ethyl adjacent to an activating group) is 1. The summed E-state index contributed by atoms with van der Waals surface area (Å²) in [6.07, 6.45) is 2.19. The number of nitrogens with zero attached hydrogens (tertiary/aromatic N) is 4. The van der Waals surface area contributed by atoms with Crippen LogP contribution in [0.5, 0.6) is 0 Å². The van der Waals surface area contributed by atoms with Crippen molar-refractivity contribution in [2.45, 2.75) is 12.5 Å². The molecule has 0 radical (unpaired) electrons. The zero-order valence-corrected chi connectivity index (χ0v) is 14.7. The van der Waals surface area contributed by atoms with Crippen LogP contribution in [0, 0.1) is 5.82 Å². The summed E-state index contributed by atoms with van der Waals surface area (Å²) in [5.41, 5.74) is 1.74. The van der Waals surface area contributed by atoms with Crippen LogP contribution in [0.4, 0.5) is 26.4 Å². The van der Waals surface area contributed by atoms with Gasteiger partial charge in [-0.25, -0.2) is 14.2 Å². The maximum absolute atomic E-state index is 13.2. The maximum Gasteiger partial charge on any atom is 0.322 e. The van der Waals surface area contributed by atoms with Gasteiger partial charge in [-0.15, -0.1) is 0 Å². The summed E-state index contributed by atoms with van der Waals surface area (Å²) in [5, 5.41) is 3.14. The number of hydrogen-bond donors (Lipinski definition) is 1. The van der Waals surface area contributed by atoms with Crippen molar-refractivity contribution in [2.75, 3.05) is 43.0 Å². The molecule has 1 N–H and O–H groups in total. The van der Waals surface area contributed by atoms with Gasteiger partial charge in [0.15, 0.2) is 0 Å². The molecular formula is C19H22FN5O. The van der Waals surface area contributed by atoms with Crippen molar-refractivity contribution in [1.29, 1.82) is 0 Å². The van der Waals surface area contributed by atoms with E-state index < -0.39 is 0 Å². The lowest BCUT2D eigenvalue weighted by atomic mass is 10.1. The number of anilines is 3. The normalized spacial score (nSPS) is 20.2. The minimum Gasteiger partial charge on any atom is -0.334 e. The van der Waals surface area contributed by atoms with E-state index in [0.29, 0.717) is 18.9 Å². The number of pyridine rings is 1. The molecule has 3 heterocycles. The fourth-order valence-electron chi connectivity index (χ4n) is 3.64. The Kier molecular flexibility index (Phi) is 4.46. The zero-order chi connectivity index (χ0) is 18.1. The average Bonchev–Trinajstić information content (AvgIpc) is 3.06. The molecule has 0 saturated carbocycles. The third-order valence-electron chi connectivity index (χ3n) is 4.96. The number of para-hydroxylation sites is 2. The summed E-state index contributed by atoms with van der Waals surface area (Å²) in [7, 11) is 2.07. The lowest BCUT2D eigenvalue weighted by Crippen LogP contribution is -2.50. The Balaban J connectivity index is 1.57. The SMILES string of the molecule is CN1CCC(NC(=O)N2CCN(c3ccc(F)cn3)c3ccccc32)C1. The summed E-state index contributed by atoms with van der Waals surface area (Å²) in [6.45, 7) is 3.04. The van der Waals surface area contributed by atoms with Crippen molar-refractivity contribution in [3.8, 4) is 0 Å². The van der Waals surface area contributed by atoms with Crippen molar-refractivity contribution in [3.63, 3.8) is 0 Å². The molecule has 1 aromatic carbocycles. The minimum atomic E-state index is -0.360. The fraction of sp³-hybridized carbons (Fsp3) is 0.368. The van der Waals surface area contributed by atoms with Gasteiger partial charge in [-0.2, -0.15) is 0 Å². The molecule has 6 nitrogen and oxygen atoms in total. The number of benzene rings is 1. The first-order valence-corrected chi connectivity index (χ1v) is 8.86. The van der Waals surface area contributed by atoms with Crippen LogP contribution in [0.3, 0.4) is 0 Å². The molecule has 0 aliphatic carbocycles. The van der Waals surface area contributed by atoms with Gasteiger partial charge in [0.2, 0.25) is 0 Å².